The van der Waals surface area contributed by atoms with Crippen molar-refractivity contribution >= 4 is 23.8 Å². The van der Waals surface area contributed by atoms with Crippen LogP contribution in [0, 0.1) is 5.92 Å². The predicted octanol–water partition coefficient (Wildman–Crippen LogP) is 2.11. The first-order chi connectivity index (χ1) is 13.0. The predicted molar refractivity (Wildman–Crippen MR) is 102 cm³/mol. The van der Waals surface area contributed by atoms with E-state index in [0.717, 1.165) is 17.5 Å². The minimum Gasteiger partial charge on any atom is -0.322 e. The van der Waals surface area contributed by atoms with Crippen molar-refractivity contribution in [3.8, 4) is 0 Å². The average molecular weight is 363 g/mol. The smallest absolute Gasteiger partial charge is 0.286 e. The number of benzene rings is 2. The van der Waals surface area contributed by atoms with Gasteiger partial charge in [-0.2, -0.15) is 0 Å². The fourth-order valence-corrected chi connectivity index (χ4v) is 2.90. The summed E-state index contributed by atoms with van der Waals surface area (Å²) in [7, 11) is 0. The van der Waals surface area contributed by atoms with Gasteiger partial charge in [-0.05, 0) is 29.5 Å². The highest BCUT2D eigenvalue weighted by molar-refractivity contribution is 6.01. The second kappa shape index (κ2) is 8.31. The Morgan fingerprint density at radius 3 is 2.19 bits per heavy atom. The molecule has 2 aromatic rings. The van der Waals surface area contributed by atoms with Crippen LogP contribution < -0.4 is 16.2 Å². The summed E-state index contributed by atoms with van der Waals surface area (Å²) in [5, 5.41) is 2.49. The third-order valence-electron chi connectivity index (χ3n) is 4.32. The Labute approximate surface area is 157 Å². The minimum atomic E-state index is -0.584. The number of rotatable bonds is 5. The molecule has 6 heteroatoms. The van der Waals surface area contributed by atoms with Crippen LogP contribution in [0.1, 0.15) is 30.4 Å². The fourth-order valence-electron chi connectivity index (χ4n) is 2.90. The maximum Gasteiger partial charge on any atom is 0.286 e. The first kappa shape index (κ1) is 18.4. The number of amides is 3. The molecule has 2 atom stereocenters. The summed E-state index contributed by atoms with van der Waals surface area (Å²) in [5.41, 5.74) is 6.77. The summed E-state index contributed by atoms with van der Waals surface area (Å²) in [4.78, 5) is 36.0. The van der Waals surface area contributed by atoms with Crippen molar-refractivity contribution in [2.45, 2.75) is 19.3 Å². The quantitative estimate of drug-likeness (QED) is 0.562. The lowest BCUT2D eigenvalue weighted by molar-refractivity contribution is -0.128. The summed E-state index contributed by atoms with van der Waals surface area (Å²) < 4.78 is 0. The Bertz CT molecular complexity index is 863. The first-order valence-corrected chi connectivity index (χ1v) is 8.74. The van der Waals surface area contributed by atoms with Gasteiger partial charge in [0.25, 0.3) is 5.91 Å². The molecular formula is C21H21N3O3. The number of hydrogen-bond donors (Lipinski definition) is 3. The summed E-state index contributed by atoms with van der Waals surface area (Å²) in [6, 6.07) is 18.9. The molecule has 3 N–H and O–H groups in total. The van der Waals surface area contributed by atoms with E-state index in [1.807, 2.05) is 60.7 Å². The highest BCUT2D eigenvalue weighted by Crippen LogP contribution is 2.47. The van der Waals surface area contributed by atoms with Crippen molar-refractivity contribution in [1.29, 1.82) is 0 Å². The molecule has 0 unspecified atom stereocenters. The molecule has 3 rings (SSSR count). The number of hydrogen-bond acceptors (Lipinski definition) is 3. The number of nitrogens with one attached hydrogen (secondary N) is 3. The summed E-state index contributed by atoms with van der Waals surface area (Å²) in [5.74, 6) is -1.17. The number of carbonyl (C=O) groups is 3. The topological polar surface area (TPSA) is 87.3 Å². The van der Waals surface area contributed by atoms with Crippen molar-refractivity contribution in [3.05, 3.63) is 77.5 Å². The van der Waals surface area contributed by atoms with Crippen LogP contribution in [0.5, 0.6) is 0 Å². The zero-order valence-electron chi connectivity index (χ0n) is 14.9. The molecule has 0 heterocycles. The van der Waals surface area contributed by atoms with E-state index in [0.29, 0.717) is 0 Å². The molecule has 1 aliphatic rings. The fraction of sp³-hybridized carbons (Fsp3) is 0.190. The van der Waals surface area contributed by atoms with Crippen LogP contribution in [-0.4, -0.2) is 17.7 Å². The molecule has 1 saturated carbocycles. The number of carbonyl (C=O) groups excluding carboxylic acids is 3. The van der Waals surface area contributed by atoms with Gasteiger partial charge >= 0.3 is 0 Å². The van der Waals surface area contributed by atoms with E-state index in [1.54, 1.807) is 6.08 Å². The van der Waals surface area contributed by atoms with Gasteiger partial charge in [0.2, 0.25) is 11.8 Å². The highest BCUT2D eigenvalue weighted by Gasteiger charge is 2.44. The Morgan fingerprint density at radius 2 is 1.56 bits per heavy atom. The van der Waals surface area contributed by atoms with Crippen molar-refractivity contribution in [1.82, 2.24) is 16.2 Å². The van der Waals surface area contributed by atoms with E-state index in [-0.39, 0.29) is 29.3 Å². The summed E-state index contributed by atoms with van der Waals surface area (Å²) >= 11 is 0. The second-order valence-corrected chi connectivity index (χ2v) is 6.45. The average Bonchev–Trinajstić information content (AvgIpc) is 3.47. The maximum absolute atomic E-state index is 12.4. The van der Waals surface area contributed by atoms with E-state index in [1.165, 1.54) is 6.92 Å². The summed E-state index contributed by atoms with van der Waals surface area (Å²) in [6.45, 7) is 1.32. The third kappa shape index (κ3) is 5.04. The standard InChI is InChI=1S/C21H21N3O3/c1-14(25)22-19(12-15-8-4-2-5-9-15)21(27)24-23-20(26)18-13-17(18)16-10-6-3-7-11-16/h2-12,17-18H,13H2,1H3,(H,22,25)(H,23,26)(H,24,27)/b19-12-/t17-,18+/m0/s1. The van der Waals surface area contributed by atoms with Crippen LogP contribution in [0.4, 0.5) is 0 Å². The van der Waals surface area contributed by atoms with Crippen molar-refractivity contribution < 1.29 is 14.4 Å². The second-order valence-electron chi connectivity index (χ2n) is 6.45. The highest BCUT2D eigenvalue weighted by atomic mass is 16.2. The van der Waals surface area contributed by atoms with Crippen LogP contribution in [-0.2, 0) is 14.4 Å². The van der Waals surface area contributed by atoms with Crippen molar-refractivity contribution in [2.75, 3.05) is 0 Å². The van der Waals surface area contributed by atoms with Crippen LogP contribution in [0.3, 0.4) is 0 Å². The zero-order valence-corrected chi connectivity index (χ0v) is 14.9. The Balaban J connectivity index is 1.59. The molecule has 0 saturated heterocycles. The van der Waals surface area contributed by atoms with Crippen molar-refractivity contribution in [3.63, 3.8) is 0 Å². The molecule has 1 aliphatic carbocycles. The summed E-state index contributed by atoms with van der Waals surface area (Å²) in [6.07, 6.45) is 2.30. The van der Waals surface area contributed by atoms with E-state index in [2.05, 4.69) is 16.2 Å². The van der Waals surface area contributed by atoms with Crippen LogP contribution in [0.25, 0.3) is 6.08 Å². The maximum atomic E-state index is 12.4. The van der Waals surface area contributed by atoms with Gasteiger partial charge in [0.1, 0.15) is 5.70 Å². The Hall–Kier alpha value is -3.41. The molecule has 0 aliphatic heterocycles. The van der Waals surface area contributed by atoms with E-state index in [4.69, 9.17) is 0 Å². The molecular weight excluding hydrogens is 342 g/mol. The lowest BCUT2D eigenvalue weighted by Crippen LogP contribution is -2.45. The normalized spacial score (nSPS) is 18.3. The van der Waals surface area contributed by atoms with Gasteiger partial charge < -0.3 is 5.32 Å². The van der Waals surface area contributed by atoms with Gasteiger partial charge in [0, 0.05) is 12.8 Å². The lowest BCUT2D eigenvalue weighted by Gasteiger charge is -2.11. The molecule has 0 radical (unpaired) electrons. The van der Waals surface area contributed by atoms with Crippen LogP contribution in [0.15, 0.2) is 66.4 Å². The van der Waals surface area contributed by atoms with Gasteiger partial charge in [-0.25, -0.2) is 0 Å². The van der Waals surface area contributed by atoms with Crippen LogP contribution >= 0.6 is 0 Å². The van der Waals surface area contributed by atoms with E-state index >= 15 is 0 Å². The van der Waals surface area contributed by atoms with Crippen molar-refractivity contribution in [2.24, 2.45) is 5.92 Å². The van der Waals surface area contributed by atoms with Gasteiger partial charge in [-0.1, -0.05) is 60.7 Å². The molecule has 0 spiro atoms. The minimum absolute atomic E-state index is 0.0596. The largest absolute Gasteiger partial charge is 0.322 e. The lowest BCUT2D eigenvalue weighted by atomic mass is 10.1. The van der Waals surface area contributed by atoms with E-state index in [9.17, 15) is 14.4 Å². The zero-order chi connectivity index (χ0) is 19.2. The van der Waals surface area contributed by atoms with Crippen LogP contribution in [0.2, 0.25) is 0 Å². The molecule has 0 bridgehead atoms. The van der Waals surface area contributed by atoms with Gasteiger partial charge in [0.05, 0.1) is 0 Å². The SMILES string of the molecule is CC(=O)N/C(=C\c1ccccc1)C(=O)NNC(=O)[C@@H]1C[C@H]1c1ccccc1. The number of hydrazine groups is 1. The van der Waals surface area contributed by atoms with Gasteiger partial charge in [0.15, 0.2) is 0 Å². The molecule has 6 nitrogen and oxygen atoms in total. The monoisotopic (exact) mass is 363 g/mol. The molecule has 3 amide bonds. The molecule has 1 fully saturated rings. The first-order valence-electron chi connectivity index (χ1n) is 8.74. The van der Waals surface area contributed by atoms with Gasteiger partial charge in [-0.3, -0.25) is 25.2 Å². The van der Waals surface area contributed by atoms with Gasteiger partial charge in [-0.15, -0.1) is 0 Å². The van der Waals surface area contributed by atoms with E-state index < -0.39 is 5.91 Å². The third-order valence-corrected chi connectivity index (χ3v) is 4.32. The Kier molecular flexibility index (Phi) is 5.66. The molecule has 27 heavy (non-hydrogen) atoms. The molecule has 2 aromatic carbocycles. The molecule has 0 aromatic heterocycles. The molecule has 138 valence electrons. The Morgan fingerprint density at radius 1 is 0.926 bits per heavy atom.